The Morgan fingerprint density at radius 2 is 1.85 bits per heavy atom. The van der Waals surface area contributed by atoms with Crippen LogP contribution < -0.4 is 5.32 Å². The fourth-order valence-corrected chi connectivity index (χ4v) is 2.60. The molecule has 0 spiro atoms. The zero-order valence-corrected chi connectivity index (χ0v) is 13.2. The Hall–Kier alpha value is -1.61. The van der Waals surface area contributed by atoms with E-state index in [1.165, 1.54) is 22.3 Å². The Labute approximate surface area is 122 Å². The van der Waals surface area contributed by atoms with E-state index in [1.54, 1.807) is 0 Å². The van der Waals surface area contributed by atoms with Gasteiger partial charge in [-0.1, -0.05) is 12.1 Å². The maximum atomic E-state index is 4.35. The van der Waals surface area contributed by atoms with Gasteiger partial charge >= 0.3 is 0 Å². The van der Waals surface area contributed by atoms with Gasteiger partial charge in [0.25, 0.3) is 0 Å². The summed E-state index contributed by atoms with van der Waals surface area (Å²) in [5, 5.41) is 3.60. The number of rotatable bonds is 5. The van der Waals surface area contributed by atoms with Gasteiger partial charge in [-0.05, 0) is 49.9 Å². The lowest BCUT2D eigenvalue weighted by molar-refractivity contribution is 0.562. The Morgan fingerprint density at radius 3 is 2.50 bits per heavy atom. The number of imidazole rings is 1. The highest BCUT2D eigenvalue weighted by atomic mass is 15.0. The summed E-state index contributed by atoms with van der Waals surface area (Å²) >= 11 is 0. The molecule has 3 heteroatoms. The summed E-state index contributed by atoms with van der Waals surface area (Å²) in [6.45, 7) is 9.72. The number of aryl methyl sites for hydroxylation is 4. The van der Waals surface area contributed by atoms with Crippen molar-refractivity contribution in [1.29, 1.82) is 0 Å². The molecule has 2 aromatic rings. The molecule has 1 N–H and O–H groups in total. The lowest BCUT2D eigenvalue weighted by Gasteiger charge is -2.18. The summed E-state index contributed by atoms with van der Waals surface area (Å²) in [6.07, 6.45) is 4.80. The predicted molar refractivity (Wildman–Crippen MR) is 84.0 cm³/mol. The van der Waals surface area contributed by atoms with Crippen molar-refractivity contribution in [2.45, 2.75) is 40.2 Å². The third kappa shape index (κ3) is 3.28. The molecule has 0 radical (unpaired) electrons. The maximum Gasteiger partial charge on any atom is 0.109 e. The van der Waals surface area contributed by atoms with Crippen LogP contribution in [0.2, 0.25) is 0 Å². The van der Waals surface area contributed by atoms with Crippen LogP contribution in [0.25, 0.3) is 0 Å². The molecular weight excluding hydrogens is 246 g/mol. The molecule has 3 nitrogen and oxygen atoms in total. The molecule has 1 unspecified atom stereocenters. The summed E-state index contributed by atoms with van der Waals surface area (Å²) in [4.78, 5) is 4.35. The molecule has 1 aromatic heterocycles. The van der Waals surface area contributed by atoms with E-state index >= 15 is 0 Å². The highest BCUT2D eigenvalue weighted by molar-refractivity contribution is 5.38. The van der Waals surface area contributed by atoms with Crippen molar-refractivity contribution >= 4 is 0 Å². The van der Waals surface area contributed by atoms with E-state index in [2.05, 4.69) is 54.7 Å². The van der Waals surface area contributed by atoms with E-state index in [1.807, 2.05) is 19.4 Å². The Bertz CT molecular complexity index is 584. The zero-order chi connectivity index (χ0) is 14.7. The minimum Gasteiger partial charge on any atom is -0.338 e. The number of benzene rings is 1. The van der Waals surface area contributed by atoms with Gasteiger partial charge in [-0.15, -0.1) is 0 Å². The second-order valence-corrected chi connectivity index (χ2v) is 5.67. The average molecular weight is 271 g/mol. The SMILES string of the molecule is Cc1cc(C)c(C(C)NCCc2nccn2C)cc1C. The topological polar surface area (TPSA) is 29.9 Å². The van der Waals surface area contributed by atoms with E-state index in [0.29, 0.717) is 6.04 Å². The largest absolute Gasteiger partial charge is 0.338 e. The van der Waals surface area contributed by atoms with Gasteiger partial charge in [-0.3, -0.25) is 0 Å². The first-order valence-corrected chi connectivity index (χ1v) is 7.26. The minimum absolute atomic E-state index is 0.370. The summed E-state index contributed by atoms with van der Waals surface area (Å²) in [5.41, 5.74) is 5.49. The fourth-order valence-electron chi connectivity index (χ4n) is 2.60. The molecule has 0 aliphatic carbocycles. The monoisotopic (exact) mass is 271 g/mol. The normalized spacial score (nSPS) is 12.7. The molecule has 0 aliphatic heterocycles. The second kappa shape index (κ2) is 6.23. The summed E-state index contributed by atoms with van der Waals surface area (Å²) in [6, 6.07) is 4.96. The molecule has 1 heterocycles. The van der Waals surface area contributed by atoms with Gasteiger partial charge in [0.1, 0.15) is 5.82 Å². The quantitative estimate of drug-likeness (QED) is 0.904. The van der Waals surface area contributed by atoms with Gasteiger partial charge in [0.05, 0.1) is 0 Å². The van der Waals surface area contributed by atoms with Gasteiger partial charge in [-0.2, -0.15) is 0 Å². The smallest absolute Gasteiger partial charge is 0.109 e. The van der Waals surface area contributed by atoms with Gasteiger partial charge in [-0.25, -0.2) is 4.98 Å². The second-order valence-electron chi connectivity index (χ2n) is 5.67. The van der Waals surface area contributed by atoms with Crippen LogP contribution in [-0.4, -0.2) is 16.1 Å². The molecule has 1 aromatic carbocycles. The molecular formula is C17H25N3. The van der Waals surface area contributed by atoms with E-state index in [4.69, 9.17) is 0 Å². The van der Waals surface area contributed by atoms with Crippen LogP contribution in [0, 0.1) is 20.8 Å². The average Bonchev–Trinajstić information content (AvgIpc) is 2.79. The third-order valence-corrected chi connectivity index (χ3v) is 4.07. The van der Waals surface area contributed by atoms with E-state index in [9.17, 15) is 0 Å². The van der Waals surface area contributed by atoms with Gasteiger partial charge in [0.2, 0.25) is 0 Å². The van der Waals surface area contributed by atoms with Crippen LogP contribution >= 0.6 is 0 Å². The molecule has 0 saturated heterocycles. The van der Waals surface area contributed by atoms with Crippen molar-refractivity contribution in [1.82, 2.24) is 14.9 Å². The summed E-state index contributed by atoms with van der Waals surface area (Å²) < 4.78 is 2.08. The van der Waals surface area contributed by atoms with E-state index < -0.39 is 0 Å². The van der Waals surface area contributed by atoms with Crippen LogP contribution in [0.5, 0.6) is 0 Å². The van der Waals surface area contributed by atoms with Crippen molar-refractivity contribution in [2.24, 2.45) is 7.05 Å². The third-order valence-electron chi connectivity index (χ3n) is 4.07. The van der Waals surface area contributed by atoms with Crippen LogP contribution in [0.3, 0.4) is 0 Å². The minimum atomic E-state index is 0.370. The fraction of sp³-hybridized carbons (Fsp3) is 0.471. The van der Waals surface area contributed by atoms with Crippen LogP contribution in [-0.2, 0) is 13.5 Å². The number of nitrogens with zero attached hydrogens (tertiary/aromatic N) is 2. The van der Waals surface area contributed by atoms with Gasteiger partial charge in [0, 0.05) is 38.4 Å². The molecule has 0 bridgehead atoms. The van der Waals surface area contributed by atoms with Crippen LogP contribution in [0.15, 0.2) is 24.5 Å². The van der Waals surface area contributed by atoms with Gasteiger partial charge < -0.3 is 9.88 Å². The first-order valence-electron chi connectivity index (χ1n) is 7.26. The Morgan fingerprint density at radius 1 is 1.15 bits per heavy atom. The number of nitrogens with one attached hydrogen (secondary N) is 1. The number of hydrogen-bond acceptors (Lipinski definition) is 2. The molecule has 108 valence electrons. The Kier molecular flexibility index (Phi) is 4.61. The van der Waals surface area contributed by atoms with Crippen LogP contribution in [0.4, 0.5) is 0 Å². The molecule has 1 atom stereocenters. The molecule has 0 aliphatic rings. The van der Waals surface area contributed by atoms with Crippen LogP contribution in [0.1, 0.15) is 41.0 Å². The van der Waals surface area contributed by atoms with Crippen molar-refractivity contribution in [3.63, 3.8) is 0 Å². The molecule has 0 amide bonds. The number of hydrogen-bond donors (Lipinski definition) is 1. The first-order chi connectivity index (χ1) is 9.49. The van der Waals surface area contributed by atoms with E-state index in [-0.39, 0.29) is 0 Å². The summed E-state index contributed by atoms with van der Waals surface area (Å²) in [5.74, 6) is 1.13. The van der Waals surface area contributed by atoms with Gasteiger partial charge in [0.15, 0.2) is 0 Å². The Balaban J connectivity index is 1.97. The molecule has 0 saturated carbocycles. The van der Waals surface area contributed by atoms with Crippen molar-refractivity contribution in [3.05, 3.63) is 52.6 Å². The first kappa shape index (κ1) is 14.8. The lowest BCUT2D eigenvalue weighted by Crippen LogP contribution is -2.23. The number of aromatic nitrogens is 2. The maximum absolute atomic E-state index is 4.35. The highest BCUT2D eigenvalue weighted by Crippen LogP contribution is 2.21. The predicted octanol–water partition coefficient (Wildman–Crippen LogP) is 3.24. The van der Waals surface area contributed by atoms with Crippen molar-refractivity contribution in [3.8, 4) is 0 Å². The highest BCUT2D eigenvalue weighted by Gasteiger charge is 2.10. The standard InChI is InChI=1S/C17H25N3/c1-12-10-14(3)16(11-13(12)2)15(4)18-7-6-17-19-8-9-20(17)5/h8-11,15,18H,6-7H2,1-5H3. The van der Waals surface area contributed by atoms with E-state index in [0.717, 1.165) is 18.8 Å². The lowest BCUT2D eigenvalue weighted by atomic mass is 9.96. The molecule has 20 heavy (non-hydrogen) atoms. The summed E-state index contributed by atoms with van der Waals surface area (Å²) in [7, 11) is 2.04. The van der Waals surface area contributed by atoms with Crippen molar-refractivity contribution in [2.75, 3.05) is 6.54 Å². The molecule has 0 fully saturated rings. The van der Waals surface area contributed by atoms with Crippen molar-refractivity contribution < 1.29 is 0 Å². The zero-order valence-electron chi connectivity index (χ0n) is 13.2. The molecule has 2 rings (SSSR count).